The smallest absolute Gasteiger partial charge is 0.357 e. The molecule has 1 aliphatic heterocycles. The molecule has 0 amide bonds. The lowest BCUT2D eigenvalue weighted by atomic mass is 10.1. The quantitative estimate of drug-likeness (QED) is 0.445. The number of rotatable bonds is 5. The first kappa shape index (κ1) is 18.8. The van der Waals surface area contributed by atoms with Crippen molar-refractivity contribution >= 4 is 16.0 Å². The van der Waals surface area contributed by atoms with Crippen molar-refractivity contribution in [2.45, 2.75) is 31.3 Å². The minimum Gasteiger partial charge on any atom is -0.357 e. The summed E-state index contributed by atoms with van der Waals surface area (Å²) in [5, 5.41) is 6.10. The molecular formula is C12H21F3N4O2S. The lowest BCUT2D eigenvalue weighted by molar-refractivity contribution is -0.0494. The molecule has 0 atom stereocenters. The SMILES string of the molecule is C=CCN=C(NCC)NC1CCN(S(=O)(=O)C(F)(F)F)CC1. The lowest BCUT2D eigenvalue weighted by Crippen LogP contribution is -2.51. The normalized spacial score (nSPS) is 19.0. The van der Waals surface area contributed by atoms with E-state index in [9.17, 15) is 21.6 Å². The fourth-order valence-corrected chi connectivity index (χ4v) is 3.04. The Morgan fingerprint density at radius 2 is 2.00 bits per heavy atom. The van der Waals surface area contributed by atoms with E-state index in [2.05, 4.69) is 22.2 Å². The van der Waals surface area contributed by atoms with Crippen molar-refractivity contribution in [3.05, 3.63) is 12.7 Å². The number of hydrogen-bond donors (Lipinski definition) is 2. The van der Waals surface area contributed by atoms with Gasteiger partial charge in [0.25, 0.3) is 0 Å². The Morgan fingerprint density at radius 1 is 1.41 bits per heavy atom. The summed E-state index contributed by atoms with van der Waals surface area (Å²) >= 11 is 0. The molecule has 6 nitrogen and oxygen atoms in total. The van der Waals surface area contributed by atoms with Gasteiger partial charge >= 0.3 is 15.5 Å². The fraction of sp³-hybridized carbons (Fsp3) is 0.750. The Morgan fingerprint density at radius 3 is 2.45 bits per heavy atom. The maximum Gasteiger partial charge on any atom is 0.511 e. The van der Waals surface area contributed by atoms with Crippen molar-refractivity contribution in [2.24, 2.45) is 4.99 Å². The summed E-state index contributed by atoms with van der Waals surface area (Å²) in [6.45, 7) is 6.17. The van der Waals surface area contributed by atoms with Crippen LogP contribution in [0.2, 0.25) is 0 Å². The molecule has 1 heterocycles. The van der Waals surface area contributed by atoms with Gasteiger partial charge in [0.1, 0.15) is 0 Å². The second-order valence-electron chi connectivity index (χ2n) is 4.78. The van der Waals surface area contributed by atoms with Gasteiger partial charge in [0.2, 0.25) is 0 Å². The largest absolute Gasteiger partial charge is 0.511 e. The van der Waals surface area contributed by atoms with Gasteiger partial charge in [0.15, 0.2) is 5.96 Å². The zero-order chi connectivity index (χ0) is 16.8. The first-order valence-electron chi connectivity index (χ1n) is 6.94. The Kier molecular flexibility index (Phi) is 6.66. The second-order valence-corrected chi connectivity index (χ2v) is 6.71. The number of alkyl halides is 3. The predicted octanol–water partition coefficient (Wildman–Crippen LogP) is 1.04. The van der Waals surface area contributed by atoms with Crippen LogP contribution in [0, 0.1) is 0 Å². The molecule has 0 aliphatic carbocycles. The summed E-state index contributed by atoms with van der Waals surface area (Å²) in [6, 6.07) is -0.123. The number of guanidine groups is 1. The molecular weight excluding hydrogens is 321 g/mol. The molecule has 1 fully saturated rings. The molecule has 128 valence electrons. The number of nitrogens with zero attached hydrogens (tertiary/aromatic N) is 2. The average Bonchev–Trinajstić information content (AvgIpc) is 2.44. The third-order valence-corrected chi connectivity index (χ3v) is 4.78. The van der Waals surface area contributed by atoms with Gasteiger partial charge in [-0.05, 0) is 19.8 Å². The van der Waals surface area contributed by atoms with Gasteiger partial charge in [0, 0.05) is 25.7 Å². The lowest BCUT2D eigenvalue weighted by Gasteiger charge is -2.32. The van der Waals surface area contributed by atoms with Gasteiger partial charge in [-0.2, -0.15) is 17.5 Å². The van der Waals surface area contributed by atoms with E-state index >= 15 is 0 Å². The van der Waals surface area contributed by atoms with E-state index in [0.717, 1.165) is 0 Å². The van der Waals surface area contributed by atoms with Crippen molar-refractivity contribution < 1.29 is 21.6 Å². The molecule has 0 saturated carbocycles. The highest BCUT2D eigenvalue weighted by Gasteiger charge is 2.50. The van der Waals surface area contributed by atoms with Crippen molar-refractivity contribution in [3.63, 3.8) is 0 Å². The van der Waals surface area contributed by atoms with Crippen molar-refractivity contribution in [1.29, 1.82) is 0 Å². The van der Waals surface area contributed by atoms with Gasteiger partial charge in [0.05, 0.1) is 6.54 Å². The van der Waals surface area contributed by atoms with E-state index in [4.69, 9.17) is 0 Å². The monoisotopic (exact) mass is 342 g/mol. The molecule has 0 radical (unpaired) electrons. The number of hydrogen-bond acceptors (Lipinski definition) is 3. The van der Waals surface area contributed by atoms with Gasteiger partial charge < -0.3 is 10.6 Å². The molecule has 2 N–H and O–H groups in total. The number of nitrogens with one attached hydrogen (secondary N) is 2. The topological polar surface area (TPSA) is 73.8 Å². The van der Waals surface area contributed by atoms with Crippen molar-refractivity contribution in [3.8, 4) is 0 Å². The Bertz CT molecular complexity index is 497. The summed E-state index contributed by atoms with van der Waals surface area (Å²) in [7, 11) is -5.23. The van der Waals surface area contributed by atoms with E-state index < -0.39 is 15.5 Å². The van der Waals surface area contributed by atoms with E-state index in [1.165, 1.54) is 0 Å². The van der Waals surface area contributed by atoms with Crippen LogP contribution in [0.15, 0.2) is 17.6 Å². The standard InChI is InChI=1S/C12H21F3N4O2S/c1-3-7-17-11(16-4-2)18-10-5-8-19(9-6-10)22(20,21)12(13,14)15/h3,10H,1,4-9H2,2H3,(H2,16,17,18). The van der Waals surface area contributed by atoms with Crippen LogP contribution in [0.1, 0.15) is 19.8 Å². The van der Waals surface area contributed by atoms with Crippen molar-refractivity contribution in [1.82, 2.24) is 14.9 Å². The molecule has 1 aliphatic rings. The van der Waals surface area contributed by atoms with Gasteiger partial charge in [-0.3, -0.25) is 0 Å². The van der Waals surface area contributed by atoms with Crippen LogP contribution in [0.5, 0.6) is 0 Å². The maximum atomic E-state index is 12.5. The van der Waals surface area contributed by atoms with Crippen LogP contribution in [0.25, 0.3) is 0 Å². The number of aliphatic imine (C=N–C) groups is 1. The zero-order valence-corrected chi connectivity index (χ0v) is 13.2. The van der Waals surface area contributed by atoms with Crippen molar-refractivity contribution in [2.75, 3.05) is 26.2 Å². The number of halogens is 3. The van der Waals surface area contributed by atoms with Crippen LogP contribution < -0.4 is 10.6 Å². The highest BCUT2D eigenvalue weighted by atomic mass is 32.2. The Hall–Kier alpha value is -1.29. The van der Waals surface area contributed by atoms with Crippen LogP contribution in [-0.2, 0) is 10.0 Å². The third kappa shape index (κ3) is 4.87. The van der Waals surface area contributed by atoms with Gasteiger partial charge in [-0.25, -0.2) is 13.4 Å². The first-order chi connectivity index (χ1) is 10.2. The van der Waals surface area contributed by atoms with Crippen LogP contribution >= 0.6 is 0 Å². The summed E-state index contributed by atoms with van der Waals surface area (Å²) in [6.07, 6.45) is 2.19. The molecule has 22 heavy (non-hydrogen) atoms. The minimum absolute atomic E-state index is 0.123. The first-order valence-corrected chi connectivity index (χ1v) is 8.38. The highest BCUT2D eigenvalue weighted by molar-refractivity contribution is 7.90. The van der Waals surface area contributed by atoms with Gasteiger partial charge in [-0.1, -0.05) is 6.08 Å². The second kappa shape index (κ2) is 7.82. The molecule has 0 aromatic heterocycles. The summed E-state index contributed by atoms with van der Waals surface area (Å²) in [4.78, 5) is 4.20. The van der Waals surface area contributed by atoms with Gasteiger partial charge in [-0.15, -0.1) is 6.58 Å². The molecule has 0 spiro atoms. The molecule has 0 unspecified atom stereocenters. The van der Waals surface area contributed by atoms with E-state index in [0.29, 0.717) is 23.4 Å². The molecule has 0 aromatic carbocycles. The summed E-state index contributed by atoms with van der Waals surface area (Å²) in [5.41, 5.74) is -5.24. The Balaban J connectivity index is 2.60. The molecule has 0 bridgehead atoms. The highest BCUT2D eigenvalue weighted by Crippen LogP contribution is 2.28. The number of sulfonamides is 1. The van der Waals surface area contributed by atoms with Crippen LogP contribution in [0.3, 0.4) is 0 Å². The molecule has 1 rings (SSSR count). The maximum absolute atomic E-state index is 12.5. The average molecular weight is 342 g/mol. The summed E-state index contributed by atoms with van der Waals surface area (Å²) < 4.78 is 60.6. The van der Waals surface area contributed by atoms with E-state index in [1.807, 2.05) is 6.92 Å². The molecule has 0 aromatic rings. The van der Waals surface area contributed by atoms with Crippen LogP contribution in [0.4, 0.5) is 13.2 Å². The fourth-order valence-electron chi connectivity index (χ4n) is 2.06. The molecule has 10 heteroatoms. The zero-order valence-electron chi connectivity index (χ0n) is 12.4. The minimum atomic E-state index is -5.24. The van der Waals surface area contributed by atoms with Crippen LogP contribution in [-0.4, -0.2) is 56.4 Å². The predicted molar refractivity (Wildman–Crippen MR) is 78.9 cm³/mol. The Labute approximate surface area is 128 Å². The van der Waals surface area contributed by atoms with E-state index in [-0.39, 0.29) is 32.0 Å². The molecule has 1 saturated heterocycles. The summed E-state index contributed by atoms with van der Waals surface area (Å²) in [5.74, 6) is 0.541. The van der Waals surface area contributed by atoms with E-state index in [1.54, 1.807) is 6.08 Å². The third-order valence-electron chi connectivity index (χ3n) is 3.15. The number of piperidine rings is 1.